The van der Waals surface area contributed by atoms with Gasteiger partial charge in [0.1, 0.15) is 5.69 Å². The lowest BCUT2D eigenvalue weighted by Crippen LogP contribution is -2.07. The van der Waals surface area contributed by atoms with Gasteiger partial charge in [0.25, 0.3) is 0 Å². The summed E-state index contributed by atoms with van der Waals surface area (Å²) in [4.78, 5) is 12.2. The molecule has 0 radical (unpaired) electrons. The van der Waals surface area contributed by atoms with Crippen molar-refractivity contribution >= 4 is 15.8 Å². The average Bonchev–Trinajstić information content (AvgIpc) is 3.08. The summed E-state index contributed by atoms with van der Waals surface area (Å²) < 4.78 is 33.2. The number of carbonyl (C=O) groups excluding carboxylic acids is 1. The number of nitrogens with zero attached hydrogens (tertiary/aromatic N) is 1. The van der Waals surface area contributed by atoms with E-state index < -0.39 is 15.8 Å². The molecule has 0 aliphatic rings. The van der Waals surface area contributed by atoms with E-state index in [2.05, 4.69) is 5.16 Å². The molecule has 2 aromatic carbocycles. The average molecular weight is 371 g/mol. The predicted octanol–water partition coefficient (Wildman–Crippen LogP) is 3.24. The lowest BCUT2D eigenvalue weighted by Gasteiger charge is -2.05. The minimum absolute atomic E-state index is 0.0605. The smallest absolute Gasteiger partial charge is 0.338 e. The highest BCUT2D eigenvalue weighted by Gasteiger charge is 2.13. The van der Waals surface area contributed by atoms with Crippen molar-refractivity contribution in [1.29, 1.82) is 0 Å². The van der Waals surface area contributed by atoms with Crippen LogP contribution in [0.3, 0.4) is 0 Å². The number of benzene rings is 2. The van der Waals surface area contributed by atoms with E-state index in [1.165, 1.54) is 6.07 Å². The minimum atomic E-state index is -3.17. The number of hydrogen-bond acceptors (Lipinski definition) is 6. The molecular formula is C19H17NO5S. The number of ether oxygens (including phenoxy) is 1. The van der Waals surface area contributed by atoms with E-state index in [-0.39, 0.29) is 17.9 Å². The van der Waals surface area contributed by atoms with Crippen LogP contribution in [0.25, 0.3) is 11.3 Å². The molecular weight excluding hydrogens is 354 g/mol. The van der Waals surface area contributed by atoms with E-state index in [1.54, 1.807) is 24.3 Å². The summed E-state index contributed by atoms with van der Waals surface area (Å²) in [5.74, 6) is -0.265. The summed E-state index contributed by atoms with van der Waals surface area (Å²) in [7, 11) is -3.17. The molecule has 3 aromatic rings. The second kappa shape index (κ2) is 7.53. The first-order chi connectivity index (χ1) is 12.4. The number of carbonyl (C=O) groups is 1. The van der Waals surface area contributed by atoms with Crippen molar-refractivity contribution in [3.8, 4) is 11.3 Å². The van der Waals surface area contributed by atoms with Crippen LogP contribution in [0.15, 0.2) is 65.2 Å². The number of rotatable bonds is 6. The Hall–Kier alpha value is -2.93. The van der Waals surface area contributed by atoms with Crippen LogP contribution >= 0.6 is 0 Å². The predicted molar refractivity (Wildman–Crippen MR) is 96.0 cm³/mol. The fraction of sp³-hybridized carbons (Fsp3) is 0.158. The fourth-order valence-electron chi connectivity index (χ4n) is 2.44. The molecule has 0 saturated carbocycles. The van der Waals surface area contributed by atoms with Crippen molar-refractivity contribution in [2.24, 2.45) is 0 Å². The molecule has 0 fully saturated rings. The lowest BCUT2D eigenvalue weighted by molar-refractivity contribution is 0.0437. The van der Waals surface area contributed by atoms with Crippen LogP contribution in [0, 0.1) is 0 Å². The molecule has 0 saturated heterocycles. The zero-order chi connectivity index (χ0) is 18.6. The summed E-state index contributed by atoms with van der Waals surface area (Å²) >= 11 is 0. The van der Waals surface area contributed by atoms with Gasteiger partial charge in [-0.2, -0.15) is 0 Å². The first kappa shape index (κ1) is 17.9. The Balaban J connectivity index is 1.64. The summed E-state index contributed by atoms with van der Waals surface area (Å²) in [6.45, 7) is -0.0605. The van der Waals surface area contributed by atoms with Gasteiger partial charge < -0.3 is 9.26 Å². The van der Waals surface area contributed by atoms with E-state index in [4.69, 9.17) is 9.26 Å². The van der Waals surface area contributed by atoms with Crippen molar-refractivity contribution in [2.45, 2.75) is 12.4 Å². The molecule has 3 rings (SSSR count). The fourth-order valence-corrected chi connectivity index (χ4v) is 3.22. The maximum Gasteiger partial charge on any atom is 0.338 e. The normalized spacial score (nSPS) is 11.3. The molecule has 0 N–H and O–H groups in total. The Morgan fingerprint density at radius 2 is 1.85 bits per heavy atom. The molecule has 134 valence electrons. The minimum Gasteiger partial charge on any atom is -0.454 e. The van der Waals surface area contributed by atoms with Gasteiger partial charge in [0.15, 0.2) is 22.2 Å². The topological polar surface area (TPSA) is 86.5 Å². The summed E-state index contributed by atoms with van der Waals surface area (Å²) in [6.07, 6.45) is 1.15. The number of aromatic nitrogens is 1. The quantitative estimate of drug-likeness (QED) is 0.618. The van der Waals surface area contributed by atoms with Gasteiger partial charge in [-0.15, -0.1) is 0 Å². The van der Waals surface area contributed by atoms with Crippen molar-refractivity contribution in [2.75, 3.05) is 6.26 Å². The Labute approximate surface area is 151 Å². The van der Waals surface area contributed by atoms with E-state index in [9.17, 15) is 13.2 Å². The van der Waals surface area contributed by atoms with E-state index >= 15 is 0 Å². The van der Waals surface area contributed by atoms with Crippen LogP contribution in [0.5, 0.6) is 0 Å². The molecule has 6 nitrogen and oxygen atoms in total. The van der Waals surface area contributed by atoms with E-state index in [0.29, 0.717) is 17.0 Å². The van der Waals surface area contributed by atoms with Gasteiger partial charge in [-0.25, -0.2) is 13.2 Å². The highest BCUT2D eigenvalue weighted by Crippen LogP contribution is 2.19. The van der Waals surface area contributed by atoms with Gasteiger partial charge in [-0.1, -0.05) is 47.6 Å². The van der Waals surface area contributed by atoms with Crippen LogP contribution in [0.2, 0.25) is 0 Å². The Morgan fingerprint density at radius 1 is 1.08 bits per heavy atom. The zero-order valence-corrected chi connectivity index (χ0v) is 14.9. The van der Waals surface area contributed by atoms with Gasteiger partial charge in [0.05, 0.1) is 11.3 Å². The molecule has 7 heteroatoms. The highest BCUT2D eigenvalue weighted by molar-refractivity contribution is 7.89. The second-order valence-electron chi connectivity index (χ2n) is 5.89. The van der Waals surface area contributed by atoms with Gasteiger partial charge in [-0.05, 0) is 17.7 Å². The molecule has 26 heavy (non-hydrogen) atoms. The van der Waals surface area contributed by atoms with Crippen molar-refractivity contribution in [1.82, 2.24) is 5.16 Å². The maximum absolute atomic E-state index is 12.2. The van der Waals surface area contributed by atoms with Crippen LogP contribution in [0.1, 0.15) is 21.7 Å². The van der Waals surface area contributed by atoms with Crippen LogP contribution < -0.4 is 0 Å². The second-order valence-corrected chi connectivity index (χ2v) is 8.03. The first-order valence-corrected chi connectivity index (χ1v) is 9.91. The largest absolute Gasteiger partial charge is 0.454 e. The molecule has 0 aliphatic heterocycles. The van der Waals surface area contributed by atoms with Crippen molar-refractivity contribution in [3.05, 3.63) is 77.6 Å². The van der Waals surface area contributed by atoms with Crippen molar-refractivity contribution in [3.63, 3.8) is 0 Å². The molecule has 0 aliphatic carbocycles. The standard InChI is InChI=1S/C19H17NO5S/c1-26(22,23)13-14-6-5-9-16(10-14)19(21)24-12-17-11-18(20-25-17)15-7-3-2-4-8-15/h2-11H,12-13H2,1H3. The molecule has 1 heterocycles. The van der Waals surface area contributed by atoms with Gasteiger partial charge in [0.2, 0.25) is 0 Å². The van der Waals surface area contributed by atoms with Gasteiger partial charge in [-0.3, -0.25) is 0 Å². The summed E-state index contributed by atoms with van der Waals surface area (Å²) in [5.41, 5.74) is 2.39. The van der Waals surface area contributed by atoms with Crippen LogP contribution in [-0.4, -0.2) is 25.8 Å². The van der Waals surface area contributed by atoms with Crippen LogP contribution in [-0.2, 0) is 26.9 Å². The van der Waals surface area contributed by atoms with Gasteiger partial charge >= 0.3 is 5.97 Å². The Bertz CT molecular complexity index is 1010. The molecule has 1 aromatic heterocycles. The SMILES string of the molecule is CS(=O)(=O)Cc1cccc(C(=O)OCc2cc(-c3ccccc3)no2)c1. The first-order valence-electron chi connectivity index (χ1n) is 7.85. The molecule has 0 bridgehead atoms. The Morgan fingerprint density at radius 3 is 2.58 bits per heavy atom. The van der Waals surface area contributed by atoms with E-state index in [0.717, 1.165) is 11.8 Å². The number of sulfone groups is 1. The Kier molecular flexibility index (Phi) is 5.18. The zero-order valence-electron chi connectivity index (χ0n) is 14.1. The van der Waals surface area contributed by atoms with Crippen molar-refractivity contribution < 1.29 is 22.5 Å². The third-order valence-corrected chi connectivity index (χ3v) is 4.42. The third-order valence-electron chi connectivity index (χ3n) is 3.57. The highest BCUT2D eigenvalue weighted by atomic mass is 32.2. The molecule has 0 spiro atoms. The maximum atomic E-state index is 12.2. The summed E-state index contributed by atoms with van der Waals surface area (Å²) in [6, 6.07) is 17.6. The summed E-state index contributed by atoms with van der Waals surface area (Å²) in [5, 5.41) is 3.96. The van der Waals surface area contributed by atoms with Gasteiger partial charge in [0, 0.05) is 17.9 Å². The monoisotopic (exact) mass is 371 g/mol. The number of esters is 1. The van der Waals surface area contributed by atoms with Crippen LogP contribution in [0.4, 0.5) is 0 Å². The molecule has 0 amide bonds. The lowest BCUT2D eigenvalue weighted by atomic mass is 10.1. The third kappa shape index (κ3) is 4.80. The van der Waals surface area contributed by atoms with E-state index in [1.807, 2.05) is 30.3 Å². The number of hydrogen-bond donors (Lipinski definition) is 0. The molecule has 0 atom stereocenters. The molecule has 0 unspecified atom stereocenters.